The third-order valence-corrected chi connectivity index (χ3v) is 7.42. The van der Waals surface area contributed by atoms with Crippen LogP contribution in [-0.2, 0) is 27.5 Å². The van der Waals surface area contributed by atoms with Gasteiger partial charge in [0.05, 0.1) is 17.1 Å². The van der Waals surface area contributed by atoms with Crippen molar-refractivity contribution in [1.29, 1.82) is 0 Å². The lowest BCUT2D eigenvalue weighted by Crippen LogP contribution is -2.48. The van der Waals surface area contributed by atoms with Crippen molar-refractivity contribution in [2.24, 2.45) is 0 Å². The summed E-state index contributed by atoms with van der Waals surface area (Å²) >= 11 is 0. The van der Waals surface area contributed by atoms with Gasteiger partial charge < -0.3 is 9.64 Å². The summed E-state index contributed by atoms with van der Waals surface area (Å²) in [5, 5.41) is 0. The highest BCUT2D eigenvalue weighted by atomic mass is 32.2. The Labute approximate surface area is 167 Å². The molecule has 2 aliphatic rings. The fraction of sp³-hybridized carbons (Fsp3) is 0.400. The highest BCUT2D eigenvalue weighted by Crippen LogP contribution is 2.36. The third kappa shape index (κ3) is 3.86. The molecule has 0 amide bonds. The highest BCUT2D eigenvalue weighted by Gasteiger charge is 2.40. The number of fused-ring (bicyclic) bond motifs is 1. The quantitative estimate of drug-likeness (QED) is 0.748. The molecule has 29 heavy (non-hydrogen) atoms. The van der Waals surface area contributed by atoms with Gasteiger partial charge in [0.2, 0.25) is 10.0 Å². The topological polar surface area (TPSA) is 49.9 Å². The lowest BCUT2D eigenvalue weighted by atomic mass is 10.0. The summed E-state index contributed by atoms with van der Waals surface area (Å²) in [6.45, 7) is 1.29. The minimum atomic E-state index is -4.73. The molecule has 2 aromatic rings. The number of nitrogens with zero attached hydrogens (tertiary/aromatic N) is 2. The zero-order chi connectivity index (χ0) is 20.6. The molecule has 5 nitrogen and oxygen atoms in total. The lowest BCUT2D eigenvalue weighted by molar-refractivity contribution is -0.139. The van der Waals surface area contributed by atoms with Crippen molar-refractivity contribution >= 4 is 15.7 Å². The summed E-state index contributed by atoms with van der Waals surface area (Å²) in [5.74, 6) is 0. The van der Waals surface area contributed by atoms with Crippen molar-refractivity contribution in [2.75, 3.05) is 24.7 Å². The van der Waals surface area contributed by atoms with Gasteiger partial charge in [-0.05, 0) is 31.0 Å². The van der Waals surface area contributed by atoms with Crippen LogP contribution in [0.3, 0.4) is 0 Å². The molecule has 9 heteroatoms. The molecule has 4 rings (SSSR count). The number of benzene rings is 2. The number of alkyl halides is 3. The zero-order valence-corrected chi connectivity index (χ0v) is 16.4. The van der Waals surface area contributed by atoms with Gasteiger partial charge in [-0.2, -0.15) is 17.5 Å². The summed E-state index contributed by atoms with van der Waals surface area (Å²) in [6.07, 6.45) is -3.69. The van der Waals surface area contributed by atoms with E-state index in [4.69, 9.17) is 4.74 Å². The molecular formula is C20H21F3N2O3S. The number of halogens is 3. The average Bonchev–Trinajstić information content (AvgIpc) is 2.73. The lowest BCUT2D eigenvalue weighted by Gasteiger charge is -2.41. The van der Waals surface area contributed by atoms with Gasteiger partial charge in [-0.15, -0.1) is 0 Å². The number of para-hydroxylation sites is 1. The number of anilines is 1. The fourth-order valence-electron chi connectivity index (χ4n) is 4.00. The van der Waals surface area contributed by atoms with Gasteiger partial charge in [-0.3, -0.25) is 0 Å². The molecule has 156 valence electrons. The van der Waals surface area contributed by atoms with Gasteiger partial charge in [-0.1, -0.05) is 30.3 Å². The molecule has 2 aliphatic heterocycles. The molecule has 1 fully saturated rings. The predicted octanol–water partition coefficient (Wildman–Crippen LogP) is 3.85. The number of sulfonamides is 1. The first kappa shape index (κ1) is 20.2. The Kier molecular flexibility index (Phi) is 5.30. The average molecular weight is 426 g/mol. The summed E-state index contributed by atoms with van der Waals surface area (Å²) < 4.78 is 72.5. The monoisotopic (exact) mass is 426 g/mol. The molecule has 0 spiro atoms. The Morgan fingerprint density at radius 2 is 1.62 bits per heavy atom. The second kappa shape index (κ2) is 7.62. The van der Waals surface area contributed by atoms with Crippen molar-refractivity contribution in [2.45, 2.75) is 36.6 Å². The molecule has 0 bridgehead atoms. The molecule has 0 saturated carbocycles. The Morgan fingerprint density at radius 1 is 0.966 bits per heavy atom. The maximum Gasteiger partial charge on any atom is 0.417 e. The summed E-state index contributed by atoms with van der Waals surface area (Å²) in [6, 6.07) is 12.3. The van der Waals surface area contributed by atoms with Crippen molar-refractivity contribution in [3.63, 3.8) is 0 Å². The SMILES string of the molecule is O=S(=O)(c1ccccc1C(F)(F)F)N1CCC(N2COCc3ccccc32)CC1. The summed E-state index contributed by atoms with van der Waals surface area (Å²) in [5.41, 5.74) is 1.02. The molecular weight excluding hydrogens is 405 g/mol. The fourth-order valence-corrected chi connectivity index (χ4v) is 5.68. The van der Waals surface area contributed by atoms with E-state index in [0.29, 0.717) is 26.2 Å². The molecule has 0 N–H and O–H groups in total. The Morgan fingerprint density at radius 3 is 2.34 bits per heavy atom. The largest absolute Gasteiger partial charge is 0.417 e. The molecule has 0 aliphatic carbocycles. The maximum atomic E-state index is 13.3. The Hall–Kier alpha value is -2.10. The second-order valence-electron chi connectivity index (χ2n) is 7.21. The van der Waals surface area contributed by atoms with E-state index < -0.39 is 26.7 Å². The Balaban J connectivity index is 1.52. The van der Waals surface area contributed by atoms with Crippen LogP contribution in [0.25, 0.3) is 0 Å². The minimum Gasteiger partial charge on any atom is -0.356 e. The summed E-state index contributed by atoms with van der Waals surface area (Å²) in [4.78, 5) is 1.43. The van der Waals surface area contributed by atoms with Crippen LogP contribution in [0, 0.1) is 0 Å². The maximum absolute atomic E-state index is 13.3. The highest BCUT2D eigenvalue weighted by molar-refractivity contribution is 7.89. The normalized spacial score (nSPS) is 19.2. The van der Waals surface area contributed by atoms with E-state index in [0.717, 1.165) is 27.7 Å². The van der Waals surface area contributed by atoms with Crippen molar-refractivity contribution in [3.05, 3.63) is 59.7 Å². The third-order valence-electron chi connectivity index (χ3n) is 5.46. The second-order valence-corrected chi connectivity index (χ2v) is 9.11. The van der Waals surface area contributed by atoms with E-state index in [1.165, 1.54) is 12.1 Å². The zero-order valence-electron chi connectivity index (χ0n) is 15.6. The van der Waals surface area contributed by atoms with Crippen molar-refractivity contribution in [3.8, 4) is 0 Å². The van der Waals surface area contributed by atoms with E-state index in [9.17, 15) is 21.6 Å². The smallest absolute Gasteiger partial charge is 0.356 e. The molecule has 0 aromatic heterocycles. The van der Waals surface area contributed by atoms with Crippen LogP contribution in [0.4, 0.5) is 18.9 Å². The van der Waals surface area contributed by atoms with E-state index in [2.05, 4.69) is 4.90 Å². The van der Waals surface area contributed by atoms with Gasteiger partial charge in [0.25, 0.3) is 0 Å². The number of ether oxygens (including phenoxy) is 1. The first-order valence-electron chi connectivity index (χ1n) is 9.37. The number of rotatable bonds is 3. The minimum absolute atomic E-state index is 0.0701. The number of piperidine rings is 1. The van der Waals surface area contributed by atoms with Gasteiger partial charge in [0.1, 0.15) is 6.73 Å². The first-order valence-corrected chi connectivity index (χ1v) is 10.8. The van der Waals surface area contributed by atoms with Crippen LogP contribution in [0.5, 0.6) is 0 Å². The van der Waals surface area contributed by atoms with Crippen molar-refractivity contribution in [1.82, 2.24) is 4.31 Å². The van der Waals surface area contributed by atoms with Crippen LogP contribution < -0.4 is 4.90 Å². The van der Waals surface area contributed by atoms with Gasteiger partial charge in [0.15, 0.2) is 0 Å². The van der Waals surface area contributed by atoms with E-state index >= 15 is 0 Å². The molecule has 0 atom stereocenters. The van der Waals surface area contributed by atoms with Crippen LogP contribution in [0.15, 0.2) is 53.4 Å². The Bertz CT molecular complexity index is 986. The van der Waals surface area contributed by atoms with E-state index in [1.54, 1.807) is 0 Å². The predicted molar refractivity (Wildman–Crippen MR) is 102 cm³/mol. The van der Waals surface area contributed by atoms with Gasteiger partial charge in [-0.25, -0.2) is 8.42 Å². The molecule has 1 saturated heterocycles. The van der Waals surface area contributed by atoms with E-state index in [1.807, 2.05) is 24.3 Å². The van der Waals surface area contributed by atoms with Crippen LogP contribution in [-0.4, -0.2) is 38.6 Å². The van der Waals surface area contributed by atoms with Crippen molar-refractivity contribution < 1.29 is 26.3 Å². The van der Waals surface area contributed by atoms with Crippen LogP contribution in [0.1, 0.15) is 24.0 Å². The van der Waals surface area contributed by atoms with Gasteiger partial charge >= 0.3 is 6.18 Å². The summed E-state index contributed by atoms with van der Waals surface area (Å²) in [7, 11) is -4.23. The molecule has 0 unspecified atom stereocenters. The molecule has 0 radical (unpaired) electrons. The molecule has 2 heterocycles. The van der Waals surface area contributed by atoms with Gasteiger partial charge in [0, 0.05) is 30.4 Å². The van der Waals surface area contributed by atoms with E-state index in [-0.39, 0.29) is 19.1 Å². The van der Waals surface area contributed by atoms with Crippen LogP contribution in [0.2, 0.25) is 0 Å². The standard InChI is InChI=1S/C20H21F3N2O3S/c21-20(22,23)17-6-2-4-8-19(17)29(26,27)24-11-9-16(10-12-24)25-14-28-13-15-5-1-3-7-18(15)25/h1-8,16H,9-14H2. The molecule has 2 aromatic carbocycles. The first-order chi connectivity index (χ1) is 13.8. The van der Waals surface area contributed by atoms with Crippen LogP contribution >= 0.6 is 0 Å². The number of hydrogen-bond acceptors (Lipinski definition) is 4. The number of hydrogen-bond donors (Lipinski definition) is 0.